The van der Waals surface area contributed by atoms with Gasteiger partial charge in [-0.05, 0) is 19.3 Å². The van der Waals surface area contributed by atoms with Gasteiger partial charge < -0.3 is 106 Å². The molecule has 0 aliphatic rings. The SMILES string of the molecule is CCC(O)(C(=O)[O-])C(O)C(O)C(O)CO.CCC(O)(C(=O)[O-])C(O)C(O)C(O)CO.CCC(O)(C(=O)[O-])C(O)C(O)C(O)CO.[Ce+3]. The number of carboxylic acid groups (broad SMARTS) is 3. The van der Waals surface area contributed by atoms with E-state index in [9.17, 15) is 75.7 Å². The molecule has 12 atom stereocenters. The zero-order valence-electron chi connectivity index (χ0n) is 25.1. The molecule has 0 saturated carbocycles. The van der Waals surface area contributed by atoms with Gasteiger partial charge in [0, 0.05) is 0 Å². The van der Waals surface area contributed by atoms with Gasteiger partial charge in [0.25, 0.3) is 0 Å². The molecule has 0 rings (SSSR count). The Hall–Kier alpha value is -0.813. The van der Waals surface area contributed by atoms with Gasteiger partial charge in [0.05, 0.1) is 37.7 Å². The van der Waals surface area contributed by atoms with Crippen molar-refractivity contribution in [2.75, 3.05) is 19.8 Å². The Balaban J connectivity index is -0.000000285. The first-order chi connectivity index (χ1) is 20.4. The largest absolute Gasteiger partial charge is 3.00 e. The molecule has 271 valence electrons. The van der Waals surface area contributed by atoms with E-state index in [1.165, 1.54) is 20.8 Å². The quantitative estimate of drug-likeness (QED) is 0.0611. The van der Waals surface area contributed by atoms with Crippen molar-refractivity contribution in [1.82, 2.24) is 0 Å². The standard InChI is InChI=1S/3C8H16O7.Ce/c3*1-2-8(15,7(13)14)6(12)5(11)4(10)3-9;/h3*4-6,9-12,15H,2-3H2,1H3,(H,13,14);/q;;;+3/p-3. The Bertz CT molecular complexity index is 773. The summed E-state index contributed by atoms with van der Waals surface area (Å²) in [5.41, 5.74) is -7.97. The van der Waals surface area contributed by atoms with E-state index in [1.807, 2.05) is 0 Å². The maximum Gasteiger partial charge on any atom is 3.00 e. The Labute approximate surface area is 296 Å². The first-order valence-corrected chi connectivity index (χ1v) is 13.2. The van der Waals surface area contributed by atoms with Crippen molar-refractivity contribution < 1.29 is 148 Å². The van der Waals surface area contributed by atoms with E-state index >= 15 is 0 Å². The molecule has 1 radical (unpaired) electrons. The van der Waals surface area contributed by atoms with Crippen LogP contribution in [0.2, 0.25) is 0 Å². The normalized spacial score (nSPS) is 21.0. The van der Waals surface area contributed by atoms with Gasteiger partial charge in [-0.25, -0.2) is 0 Å². The van der Waals surface area contributed by atoms with E-state index in [0.29, 0.717) is 0 Å². The molecule has 0 heterocycles. The molecule has 46 heavy (non-hydrogen) atoms. The molecular formula is C24H45CeO21. The van der Waals surface area contributed by atoms with E-state index in [4.69, 9.17) is 30.6 Å². The van der Waals surface area contributed by atoms with Crippen LogP contribution in [-0.4, -0.2) is 186 Å². The second-order valence-electron chi connectivity index (χ2n) is 9.75. The van der Waals surface area contributed by atoms with Crippen LogP contribution in [0.15, 0.2) is 0 Å². The number of hydrogen-bond acceptors (Lipinski definition) is 21. The molecule has 0 amide bonds. The third-order valence-corrected chi connectivity index (χ3v) is 6.86. The molecule has 0 aromatic rings. The fraction of sp³-hybridized carbons (Fsp3) is 0.875. The summed E-state index contributed by atoms with van der Waals surface area (Å²) in [4.78, 5) is 31.6. The van der Waals surface area contributed by atoms with Crippen molar-refractivity contribution in [2.45, 2.75) is 112 Å². The van der Waals surface area contributed by atoms with E-state index in [1.54, 1.807) is 0 Å². The van der Waals surface area contributed by atoms with Crippen LogP contribution < -0.4 is 15.3 Å². The molecule has 0 aliphatic heterocycles. The van der Waals surface area contributed by atoms with Crippen molar-refractivity contribution in [3.05, 3.63) is 0 Å². The molecule has 0 aliphatic carbocycles. The van der Waals surface area contributed by atoms with Gasteiger partial charge in [-0.15, -0.1) is 0 Å². The van der Waals surface area contributed by atoms with E-state index in [0.717, 1.165) is 0 Å². The van der Waals surface area contributed by atoms with Crippen LogP contribution in [0.5, 0.6) is 0 Å². The molecular weight excluding hydrogens is 764 g/mol. The summed E-state index contributed by atoms with van der Waals surface area (Å²) in [6.07, 6.45) is -18.8. The average molecular weight is 810 g/mol. The summed E-state index contributed by atoms with van der Waals surface area (Å²) in [7, 11) is 0. The maximum absolute atomic E-state index is 10.5. The third kappa shape index (κ3) is 14.0. The Morgan fingerprint density at radius 3 is 0.717 bits per heavy atom. The minimum Gasteiger partial charge on any atom is -0.547 e. The average Bonchev–Trinajstić information content (AvgIpc) is 3.03. The second kappa shape index (κ2) is 23.5. The monoisotopic (exact) mass is 809 g/mol. The summed E-state index contributed by atoms with van der Waals surface area (Å²) in [5, 5.41) is 168. The van der Waals surface area contributed by atoms with Crippen LogP contribution in [0.25, 0.3) is 0 Å². The van der Waals surface area contributed by atoms with E-state index in [-0.39, 0.29) is 41.7 Å². The molecule has 0 saturated heterocycles. The minimum atomic E-state index is -2.66. The number of carbonyl (C=O) groups is 3. The van der Waals surface area contributed by atoms with Gasteiger partial charge in [0.1, 0.15) is 71.7 Å². The summed E-state index contributed by atoms with van der Waals surface area (Å²) in [6.45, 7) is 1.17. The molecule has 22 heteroatoms. The maximum atomic E-state index is 10.5. The van der Waals surface area contributed by atoms with Crippen molar-refractivity contribution in [2.24, 2.45) is 0 Å². The zero-order valence-corrected chi connectivity index (χ0v) is 28.2. The number of hydrogen-bond donors (Lipinski definition) is 15. The fourth-order valence-electron chi connectivity index (χ4n) is 3.23. The molecule has 12 unspecified atom stereocenters. The number of aliphatic carboxylic acids is 3. The second-order valence-corrected chi connectivity index (χ2v) is 9.75. The number of rotatable bonds is 18. The summed E-state index contributed by atoms with van der Waals surface area (Å²) in [5.74, 6) is -5.87. The van der Waals surface area contributed by atoms with Crippen LogP contribution in [0.4, 0.5) is 0 Å². The molecule has 0 aromatic carbocycles. The van der Waals surface area contributed by atoms with Crippen LogP contribution in [0, 0.1) is 41.7 Å². The Morgan fingerprint density at radius 1 is 0.478 bits per heavy atom. The Morgan fingerprint density at radius 2 is 0.630 bits per heavy atom. The molecule has 0 fully saturated rings. The van der Waals surface area contributed by atoms with Gasteiger partial charge in [-0.1, -0.05) is 20.8 Å². The van der Waals surface area contributed by atoms with Gasteiger partial charge in [0.2, 0.25) is 0 Å². The van der Waals surface area contributed by atoms with Crippen molar-refractivity contribution >= 4 is 17.9 Å². The number of carbonyl (C=O) groups excluding carboxylic acids is 3. The van der Waals surface area contributed by atoms with Crippen molar-refractivity contribution in [1.29, 1.82) is 0 Å². The summed E-state index contributed by atoms with van der Waals surface area (Å²) >= 11 is 0. The fourth-order valence-corrected chi connectivity index (χ4v) is 3.23. The van der Waals surface area contributed by atoms with Crippen molar-refractivity contribution in [3.63, 3.8) is 0 Å². The van der Waals surface area contributed by atoms with Gasteiger partial charge in [-0.2, -0.15) is 0 Å². The van der Waals surface area contributed by atoms with E-state index in [2.05, 4.69) is 0 Å². The van der Waals surface area contributed by atoms with E-state index < -0.39 is 129 Å². The number of aliphatic hydroxyl groups excluding tert-OH is 12. The predicted octanol–water partition coefficient (Wildman–Crippen LogP) is -12.1. The van der Waals surface area contributed by atoms with Gasteiger partial charge in [0.15, 0.2) is 0 Å². The summed E-state index contributed by atoms with van der Waals surface area (Å²) < 4.78 is 0. The van der Waals surface area contributed by atoms with Crippen LogP contribution in [-0.2, 0) is 14.4 Å². The summed E-state index contributed by atoms with van der Waals surface area (Å²) in [6, 6.07) is 0. The topological polar surface area (TPSA) is 424 Å². The number of aliphatic hydroxyl groups is 15. The predicted molar refractivity (Wildman–Crippen MR) is 136 cm³/mol. The van der Waals surface area contributed by atoms with Crippen molar-refractivity contribution in [3.8, 4) is 0 Å². The first-order valence-electron chi connectivity index (χ1n) is 13.2. The molecule has 0 aromatic heterocycles. The number of carboxylic acids is 3. The minimum absolute atomic E-state index is 0. The van der Waals surface area contributed by atoms with Crippen LogP contribution in [0.3, 0.4) is 0 Å². The molecule has 0 spiro atoms. The first kappa shape index (κ1) is 52.0. The zero-order chi connectivity index (χ0) is 36.7. The van der Waals surface area contributed by atoms with Crippen LogP contribution >= 0.6 is 0 Å². The smallest absolute Gasteiger partial charge is 0.547 e. The van der Waals surface area contributed by atoms with Gasteiger partial charge >= 0.3 is 41.7 Å². The molecule has 21 nitrogen and oxygen atoms in total. The van der Waals surface area contributed by atoms with Gasteiger partial charge in [-0.3, -0.25) is 0 Å². The molecule has 0 bridgehead atoms. The van der Waals surface area contributed by atoms with Crippen LogP contribution in [0.1, 0.15) is 40.0 Å². The third-order valence-electron chi connectivity index (χ3n) is 6.86. The Kier molecular flexibility index (Phi) is 26.6. The molecule has 15 N–H and O–H groups in total.